The number of aliphatic hydroxyl groups excluding tert-OH is 1. The maximum atomic E-state index is 9.83. The standard InChI is InChI=1S/C14H25NO3/c16-14(9-17-6-10-1-2-10)5-15-13-3-11-7-18-8-12(11)4-13/h10-16H,1-9H2. The van der Waals surface area contributed by atoms with Gasteiger partial charge in [-0.05, 0) is 43.4 Å². The first-order valence-corrected chi connectivity index (χ1v) is 7.38. The largest absolute Gasteiger partial charge is 0.389 e. The molecule has 4 heteroatoms. The predicted octanol–water partition coefficient (Wildman–Crippen LogP) is 0.788. The molecule has 0 aromatic carbocycles. The summed E-state index contributed by atoms with van der Waals surface area (Å²) in [6.07, 6.45) is 4.67. The maximum absolute atomic E-state index is 9.83. The lowest BCUT2D eigenvalue weighted by molar-refractivity contribution is 0.0310. The van der Waals surface area contributed by atoms with E-state index in [1.807, 2.05) is 0 Å². The summed E-state index contributed by atoms with van der Waals surface area (Å²) in [7, 11) is 0. The minimum atomic E-state index is -0.361. The highest BCUT2D eigenvalue weighted by Crippen LogP contribution is 2.36. The molecule has 0 radical (unpaired) electrons. The Hall–Kier alpha value is -0.160. The van der Waals surface area contributed by atoms with Crippen LogP contribution in [-0.2, 0) is 9.47 Å². The van der Waals surface area contributed by atoms with Crippen LogP contribution in [0.3, 0.4) is 0 Å². The van der Waals surface area contributed by atoms with Gasteiger partial charge in [-0.2, -0.15) is 0 Å². The average Bonchev–Trinajstić information content (AvgIpc) is 2.93. The van der Waals surface area contributed by atoms with E-state index in [1.54, 1.807) is 0 Å². The average molecular weight is 255 g/mol. The quantitative estimate of drug-likeness (QED) is 0.706. The van der Waals surface area contributed by atoms with Crippen molar-refractivity contribution in [3.63, 3.8) is 0 Å². The topological polar surface area (TPSA) is 50.7 Å². The van der Waals surface area contributed by atoms with Crippen LogP contribution in [0.2, 0.25) is 0 Å². The SMILES string of the molecule is OC(CNC1CC2COCC2C1)COCC1CC1. The summed E-state index contributed by atoms with van der Waals surface area (Å²) in [4.78, 5) is 0. The van der Waals surface area contributed by atoms with Crippen molar-refractivity contribution < 1.29 is 14.6 Å². The lowest BCUT2D eigenvalue weighted by Gasteiger charge is -2.17. The van der Waals surface area contributed by atoms with E-state index in [0.29, 0.717) is 19.2 Å². The molecule has 1 aliphatic heterocycles. The number of aliphatic hydroxyl groups is 1. The molecule has 3 aliphatic rings. The van der Waals surface area contributed by atoms with Crippen molar-refractivity contribution in [1.29, 1.82) is 0 Å². The molecule has 4 nitrogen and oxygen atoms in total. The Morgan fingerprint density at radius 1 is 1.22 bits per heavy atom. The molecule has 104 valence electrons. The van der Waals surface area contributed by atoms with Gasteiger partial charge in [-0.1, -0.05) is 0 Å². The second-order valence-electron chi connectivity index (χ2n) is 6.27. The number of fused-ring (bicyclic) bond motifs is 1. The van der Waals surface area contributed by atoms with Crippen LogP contribution in [0.5, 0.6) is 0 Å². The molecule has 2 saturated carbocycles. The van der Waals surface area contributed by atoms with Crippen LogP contribution in [0, 0.1) is 17.8 Å². The fourth-order valence-corrected chi connectivity index (χ4v) is 3.17. The Morgan fingerprint density at radius 2 is 1.94 bits per heavy atom. The van der Waals surface area contributed by atoms with Crippen molar-refractivity contribution in [2.45, 2.75) is 37.8 Å². The first-order valence-electron chi connectivity index (χ1n) is 7.38. The fraction of sp³-hybridized carbons (Fsp3) is 1.00. The third kappa shape index (κ3) is 3.44. The molecule has 1 heterocycles. The molecule has 0 amide bonds. The van der Waals surface area contributed by atoms with Crippen LogP contribution in [0.4, 0.5) is 0 Å². The molecular formula is C14H25NO3. The zero-order valence-electron chi connectivity index (χ0n) is 11.0. The lowest BCUT2D eigenvalue weighted by atomic mass is 10.0. The van der Waals surface area contributed by atoms with Crippen molar-refractivity contribution >= 4 is 0 Å². The Kier molecular flexibility index (Phi) is 4.19. The van der Waals surface area contributed by atoms with E-state index in [4.69, 9.17) is 9.47 Å². The summed E-state index contributed by atoms with van der Waals surface area (Å²) in [6, 6.07) is 0.571. The Bertz CT molecular complexity index is 258. The highest BCUT2D eigenvalue weighted by Gasteiger charge is 2.37. The maximum Gasteiger partial charge on any atom is 0.0897 e. The van der Waals surface area contributed by atoms with Gasteiger partial charge in [0, 0.05) is 32.4 Å². The molecular weight excluding hydrogens is 230 g/mol. The van der Waals surface area contributed by atoms with Crippen molar-refractivity contribution in [2.75, 3.05) is 33.0 Å². The van der Waals surface area contributed by atoms with Crippen LogP contribution in [0.25, 0.3) is 0 Å². The first-order chi connectivity index (χ1) is 8.81. The monoisotopic (exact) mass is 255 g/mol. The third-order valence-electron chi connectivity index (χ3n) is 4.51. The van der Waals surface area contributed by atoms with E-state index < -0.39 is 0 Å². The van der Waals surface area contributed by atoms with Crippen LogP contribution in [0.1, 0.15) is 25.7 Å². The Balaban J connectivity index is 1.26. The van der Waals surface area contributed by atoms with Gasteiger partial charge in [0.2, 0.25) is 0 Å². The van der Waals surface area contributed by atoms with E-state index in [0.717, 1.165) is 37.6 Å². The van der Waals surface area contributed by atoms with Gasteiger partial charge in [-0.25, -0.2) is 0 Å². The van der Waals surface area contributed by atoms with Crippen molar-refractivity contribution in [1.82, 2.24) is 5.32 Å². The normalized spacial score (nSPS) is 36.8. The zero-order chi connectivity index (χ0) is 12.4. The molecule has 3 atom stereocenters. The molecule has 0 aromatic heterocycles. The number of hydrogen-bond donors (Lipinski definition) is 2. The molecule has 3 fully saturated rings. The second-order valence-corrected chi connectivity index (χ2v) is 6.27. The van der Waals surface area contributed by atoms with Crippen LogP contribution in [0.15, 0.2) is 0 Å². The summed E-state index contributed by atoms with van der Waals surface area (Å²) < 4.78 is 11.0. The number of hydrogen-bond acceptors (Lipinski definition) is 4. The van der Waals surface area contributed by atoms with Crippen LogP contribution in [-0.4, -0.2) is 50.2 Å². The third-order valence-corrected chi connectivity index (χ3v) is 4.51. The van der Waals surface area contributed by atoms with E-state index >= 15 is 0 Å². The number of rotatable bonds is 7. The van der Waals surface area contributed by atoms with Gasteiger partial charge < -0.3 is 19.9 Å². The number of ether oxygens (including phenoxy) is 2. The zero-order valence-corrected chi connectivity index (χ0v) is 11.0. The summed E-state index contributed by atoms with van der Waals surface area (Å²) in [5.74, 6) is 2.29. The summed E-state index contributed by atoms with van der Waals surface area (Å²) in [5, 5.41) is 13.3. The Labute approximate surface area is 109 Å². The highest BCUT2D eigenvalue weighted by atomic mass is 16.5. The first kappa shape index (κ1) is 12.9. The van der Waals surface area contributed by atoms with Gasteiger partial charge in [0.05, 0.1) is 12.7 Å². The Morgan fingerprint density at radius 3 is 2.61 bits per heavy atom. The molecule has 2 N–H and O–H groups in total. The van der Waals surface area contributed by atoms with Gasteiger partial charge in [-0.3, -0.25) is 0 Å². The predicted molar refractivity (Wildman–Crippen MR) is 68.4 cm³/mol. The highest BCUT2D eigenvalue weighted by molar-refractivity contribution is 4.90. The molecule has 0 bridgehead atoms. The summed E-state index contributed by atoms with van der Waals surface area (Å²) in [6.45, 7) is 3.86. The minimum Gasteiger partial charge on any atom is -0.389 e. The van der Waals surface area contributed by atoms with E-state index in [2.05, 4.69) is 5.32 Å². The number of nitrogens with one attached hydrogen (secondary N) is 1. The van der Waals surface area contributed by atoms with Crippen molar-refractivity contribution in [2.24, 2.45) is 17.8 Å². The molecule has 3 rings (SSSR count). The van der Waals surface area contributed by atoms with E-state index in [1.165, 1.54) is 25.7 Å². The van der Waals surface area contributed by atoms with Crippen molar-refractivity contribution in [3.05, 3.63) is 0 Å². The fourth-order valence-electron chi connectivity index (χ4n) is 3.17. The van der Waals surface area contributed by atoms with Gasteiger partial charge in [0.1, 0.15) is 0 Å². The summed E-state index contributed by atoms with van der Waals surface area (Å²) >= 11 is 0. The van der Waals surface area contributed by atoms with E-state index in [9.17, 15) is 5.11 Å². The molecule has 1 saturated heterocycles. The van der Waals surface area contributed by atoms with Crippen LogP contribution >= 0.6 is 0 Å². The molecule has 18 heavy (non-hydrogen) atoms. The molecule has 3 unspecified atom stereocenters. The van der Waals surface area contributed by atoms with Gasteiger partial charge in [0.15, 0.2) is 0 Å². The van der Waals surface area contributed by atoms with Crippen molar-refractivity contribution in [3.8, 4) is 0 Å². The minimum absolute atomic E-state index is 0.361. The van der Waals surface area contributed by atoms with Crippen LogP contribution < -0.4 is 5.32 Å². The summed E-state index contributed by atoms with van der Waals surface area (Å²) in [5.41, 5.74) is 0. The second kappa shape index (κ2) is 5.87. The lowest BCUT2D eigenvalue weighted by Crippen LogP contribution is -2.36. The van der Waals surface area contributed by atoms with Gasteiger partial charge in [0.25, 0.3) is 0 Å². The smallest absolute Gasteiger partial charge is 0.0897 e. The molecule has 0 spiro atoms. The molecule has 2 aliphatic carbocycles. The van der Waals surface area contributed by atoms with E-state index in [-0.39, 0.29) is 6.10 Å². The molecule has 0 aromatic rings. The van der Waals surface area contributed by atoms with Gasteiger partial charge >= 0.3 is 0 Å². The van der Waals surface area contributed by atoms with Gasteiger partial charge in [-0.15, -0.1) is 0 Å².